The summed E-state index contributed by atoms with van der Waals surface area (Å²) in [5.74, 6) is -0.904. The van der Waals surface area contributed by atoms with Crippen molar-refractivity contribution < 1.29 is 38.1 Å². The van der Waals surface area contributed by atoms with Gasteiger partial charge in [-0.25, -0.2) is 19.6 Å². The predicted molar refractivity (Wildman–Crippen MR) is 229 cm³/mol. The molecular weight excluding hydrogens is 797 g/mol. The Kier molecular flexibility index (Phi) is 11.8. The number of fused-ring (bicyclic) bond motifs is 2. The molecule has 4 atom stereocenters. The Bertz CT molecular complexity index is 2580. The van der Waals surface area contributed by atoms with Crippen molar-refractivity contribution in [2.45, 2.75) is 76.9 Å². The van der Waals surface area contributed by atoms with Gasteiger partial charge in [-0.05, 0) is 70.8 Å². The van der Waals surface area contributed by atoms with E-state index in [0.29, 0.717) is 55.2 Å². The third kappa shape index (κ3) is 8.21. The number of nitrogens with one attached hydrogen (secondary N) is 4. The molecule has 326 valence electrons. The van der Waals surface area contributed by atoms with Crippen molar-refractivity contribution in [2.75, 3.05) is 40.5 Å². The molecule has 0 unspecified atom stereocenters. The summed E-state index contributed by atoms with van der Waals surface area (Å²) in [5.41, 5.74) is 3.69. The Morgan fingerprint density at radius 3 is 2.02 bits per heavy atom. The lowest BCUT2D eigenvalue weighted by atomic mass is 9.98. The second-order valence-corrected chi connectivity index (χ2v) is 16.8. The summed E-state index contributed by atoms with van der Waals surface area (Å²) < 4.78 is 21.6. The molecule has 0 aliphatic carbocycles. The van der Waals surface area contributed by atoms with Crippen molar-refractivity contribution in [3.8, 4) is 22.4 Å². The lowest BCUT2D eigenvalue weighted by molar-refractivity contribution is -0.153. The van der Waals surface area contributed by atoms with E-state index in [2.05, 4.69) is 32.7 Å². The van der Waals surface area contributed by atoms with Crippen LogP contribution in [0.15, 0.2) is 65.6 Å². The van der Waals surface area contributed by atoms with Crippen molar-refractivity contribution in [3.63, 3.8) is 0 Å². The summed E-state index contributed by atoms with van der Waals surface area (Å²) in [4.78, 5) is 84.7. The summed E-state index contributed by atoms with van der Waals surface area (Å²) in [6.45, 7) is 8.94. The van der Waals surface area contributed by atoms with Crippen molar-refractivity contribution in [1.29, 1.82) is 0 Å². The molecule has 3 aromatic carbocycles. The third-order valence-electron chi connectivity index (χ3n) is 12.1. The quantitative estimate of drug-likeness (QED) is 0.136. The molecule has 0 radical (unpaired) electrons. The summed E-state index contributed by atoms with van der Waals surface area (Å²) in [6, 6.07) is 15.3. The number of hydrogen-bond donors (Lipinski definition) is 4. The van der Waals surface area contributed by atoms with Gasteiger partial charge >= 0.3 is 12.2 Å². The molecule has 8 rings (SSSR count). The molecule has 0 saturated carbocycles. The van der Waals surface area contributed by atoms with Crippen LogP contribution in [0.5, 0.6) is 0 Å². The van der Waals surface area contributed by atoms with Crippen molar-refractivity contribution in [3.05, 3.63) is 82.8 Å². The van der Waals surface area contributed by atoms with Gasteiger partial charge in [0.1, 0.15) is 23.7 Å². The highest BCUT2D eigenvalue weighted by molar-refractivity contribution is 5.92. The van der Waals surface area contributed by atoms with Crippen molar-refractivity contribution in [2.24, 2.45) is 11.8 Å². The number of nitrogens with zero attached hydrogens (tertiary/aromatic N) is 4. The topological polar surface area (TPSA) is 210 Å². The number of benzene rings is 3. The van der Waals surface area contributed by atoms with Crippen LogP contribution in [0.2, 0.25) is 0 Å². The smallest absolute Gasteiger partial charge is 0.407 e. The zero-order chi connectivity index (χ0) is 43.9. The van der Waals surface area contributed by atoms with Crippen molar-refractivity contribution >= 4 is 45.7 Å². The fourth-order valence-electron chi connectivity index (χ4n) is 8.83. The minimum Gasteiger partial charge on any atom is -0.453 e. The maximum Gasteiger partial charge on any atom is 0.407 e. The van der Waals surface area contributed by atoms with Gasteiger partial charge in [0.15, 0.2) is 5.79 Å². The number of aromatic nitrogens is 4. The maximum absolute atomic E-state index is 14.0. The number of rotatable bonds is 10. The molecule has 5 heterocycles. The molecule has 0 bridgehead atoms. The Morgan fingerprint density at radius 1 is 0.774 bits per heavy atom. The fraction of sp³-hybridized carbons (Fsp3) is 0.444. The van der Waals surface area contributed by atoms with Crippen LogP contribution in [0.3, 0.4) is 0 Å². The standard InChI is InChI=1S/C45H52N8O9/c1-24(2)36(49-43(57)59-5)41(55)52-15-7-8-34(52)39-47-32-20-29(13-14-31(32)40(54)51-39)27-9-10-28-19-30(12-11-26(28)18-27)33-22-46-38(48-33)35-21-45(61-16-17-62-45)23-53(35)42(56)37(25(3)4)50-44(58)60-6/h9-14,18-20,22,24-25,34-37H,7-8,15-17,21,23H2,1-6H3,(H,46,48)(H,49,57)(H,50,58)(H,47,51,54)/t34-,35-,36-,37-/m0/s1. The van der Waals surface area contributed by atoms with Gasteiger partial charge in [0.05, 0.1) is 68.9 Å². The van der Waals surface area contributed by atoms with Crippen LogP contribution in [0.1, 0.15) is 70.7 Å². The number of ether oxygens (including phenoxy) is 4. The normalized spacial score (nSPS) is 19.4. The first-order valence-electron chi connectivity index (χ1n) is 21.0. The van der Waals surface area contributed by atoms with E-state index in [-0.39, 0.29) is 35.8 Å². The zero-order valence-electron chi connectivity index (χ0n) is 35.7. The molecule has 5 aromatic rings. The number of aromatic amines is 2. The second kappa shape index (κ2) is 17.2. The number of carbonyl (C=O) groups excluding carboxylic acids is 4. The molecule has 3 aliphatic rings. The number of amides is 4. The number of carbonyl (C=O) groups is 4. The van der Waals surface area contributed by atoms with E-state index < -0.39 is 42.1 Å². The number of alkyl carbamates (subject to hydrolysis) is 2. The van der Waals surface area contributed by atoms with E-state index in [0.717, 1.165) is 39.6 Å². The van der Waals surface area contributed by atoms with E-state index >= 15 is 0 Å². The molecule has 3 aliphatic heterocycles. The minimum absolute atomic E-state index is 0.188. The summed E-state index contributed by atoms with van der Waals surface area (Å²) in [7, 11) is 2.52. The van der Waals surface area contributed by atoms with E-state index in [9.17, 15) is 24.0 Å². The van der Waals surface area contributed by atoms with Gasteiger partial charge in [0.25, 0.3) is 5.56 Å². The van der Waals surface area contributed by atoms with Gasteiger partial charge in [-0.1, -0.05) is 58.0 Å². The molecule has 62 heavy (non-hydrogen) atoms. The molecule has 3 saturated heterocycles. The summed E-state index contributed by atoms with van der Waals surface area (Å²) in [6.07, 6.45) is 2.11. The molecule has 1 spiro atoms. The SMILES string of the molecule is COC(=O)N[C@H](C(=O)N1CC2(C[C@H]1c1ncc(-c3ccc4cc(-c5ccc6c(=O)[nH]c([C@@H]7CCCN7C(=O)[C@@H](NC(=O)OC)C(C)C)nc6c5)ccc4c3)[nH]1)OCCO2)C(C)C. The van der Waals surface area contributed by atoms with E-state index in [4.69, 9.17) is 28.9 Å². The highest BCUT2D eigenvalue weighted by atomic mass is 16.7. The molecule has 17 heteroatoms. The lowest BCUT2D eigenvalue weighted by Gasteiger charge is -2.30. The molecule has 4 N–H and O–H groups in total. The van der Waals surface area contributed by atoms with Gasteiger partial charge in [-0.3, -0.25) is 14.4 Å². The van der Waals surface area contributed by atoms with E-state index in [1.54, 1.807) is 22.1 Å². The first-order chi connectivity index (χ1) is 29.8. The second-order valence-electron chi connectivity index (χ2n) is 16.8. The molecule has 2 aromatic heterocycles. The Labute approximate surface area is 357 Å². The fourth-order valence-corrected chi connectivity index (χ4v) is 8.83. The van der Waals surface area contributed by atoms with Crippen LogP contribution in [0.4, 0.5) is 9.59 Å². The number of hydrogen-bond acceptors (Lipinski definition) is 11. The van der Waals surface area contributed by atoms with Crippen LogP contribution >= 0.6 is 0 Å². The average molecular weight is 849 g/mol. The van der Waals surface area contributed by atoms with Gasteiger partial charge in [0.2, 0.25) is 11.8 Å². The first-order valence-corrected chi connectivity index (χ1v) is 21.0. The lowest BCUT2D eigenvalue weighted by Crippen LogP contribution is -2.52. The average Bonchev–Trinajstić information content (AvgIpc) is 4.11. The van der Waals surface area contributed by atoms with Gasteiger partial charge < -0.3 is 49.3 Å². The third-order valence-corrected chi connectivity index (χ3v) is 12.1. The number of likely N-dealkylation sites (tertiary alicyclic amines) is 2. The highest BCUT2D eigenvalue weighted by Gasteiger charge is 2.53. The minimum atomic E-state index is -0.958. The van der Waals surface area contributed by atoms with Crippen LogP contribution in [-0.2, 0) is 28.5 Å². The van der Waals surface area contributed by atoms with Gasteiger partial charge in [-0.15, -0.1) is 0 Å². The number of imidazole rings is 1. The molecule has 3 fully saturated rings. The summed E-state index contributed by atoms with van der Waals surface area (Å²) in [5, 5.41) is 7.77. The van der Waals surface area contributed by atoms with Crippen LogP contribution in [0.25, 0.3) is 44.1 Å². The monoisotopic (exact) mass is 848 g/mol. The van der Waals surface area contributed by atoms with E-state index in [1.807, 2.05) is 64.1 Å². The molecule has 4 amide bonds. The Balaban J connectivity index is 1.03. The Morgan fingerprint density at radius 2 is 1.37 bits per heavy atom. The highest BCUT2D eigenvalue weighted by Crippen LogP contribution is 2.43. The number of methoxy groups -OCH3 is 2. The maximum atomic E-state index is 14.0. The predicted octanol–water partition coefficient (Wildman–Crippen LogP) is 5.57. The van der Waals surface area contributed by atoms with Gasteiger partial charge in [0, 0.05) is 18.5 Å². The van der Waals surface area contributed by atoms with Crippen LogP contribution in [0, 0.1) is 11.8 Å². The van der Waals surface area contributed by atoms with E-state index in [1.165, 1.54) is 14.2 Å². The summed E-state index contributed by atoms with van der Waals surface area (Å²) >= 11 is 0. The first kappa shape index (κ1) is 42.4. The van der Waals surface area contributed by atoms with Crippen LogP contribution < -0.4 is 16.2 Å². The van der Waals surface area contributed by atoms with Crippen molar-refractivity contribution in [1.82, 2.24) is 40.4 Å². The largest absolute Gasteiger partial charge is 0.453 e. The van der Waals surface area contributed by atoms with Gasteiger partial charge in [-0.2, -0.15) is 0 Å². The molecule has 17 nitrogen and oxygen atoms in total. The zero-order valence-corrected chi connectivity index (χ0v) is 35.7. The van der Waals surface area contributed by atoms with Crippen LogP contribution in [-0.4, -0.2) is 112 Å². The number of H-pyrrole nitrogens is 2. The molecular formula is C45H52N8O9. The Hall–Kier alpha value is -6.33.